The first-order valence-corrected chi connectivity index (χ1v) is 5.71. The molecule has 0 aromatic carbocycles. The van der Waals surface area contributed by atoms with Gasteiger partial charge in [0.05, 0.1) is 0 Å². The Morgan fingerprint density at radius 1 is 1.69 bits per heavy atom. The molecule has 1 unspecified atom stereocenters. The highest BCUT2D eigenvalue weighted by Crippen LogP contribution is 2.34. The molecule has 3 nitrogen and oxygen atoms in total. The summed E-state index contributed by atoms with van der Waals surface area (Å²) >= 11 is 3.33. The highest BCUT2D eigenvalue weighted by molar-refractivity contribution is 7.99. The molecule has 70 valence electrons. The zero-order chi connectivity index (χ0) is 9.26. The van der Waals surface area contributed by atoms with Gasteiger partial charge in [0.15, 0.2) is 0 Å². The molecule has 0 spiro atoms. The molecule has 0 saturated carbocycles. The number of carbonyl (C=O) groups is 1. The van der Waals surface area contributed by atoms with E-state index in [4.69, 9.17) is 9.84 Å². The van der Waals surface area contributed by atoms with Crippen LogP contribution in [-0.4, -0.2) is 23.1 Å². The van der Waals surface area contributed by atoms with Gasteiger partial charge in [-0.05, 0) is 11.4 Å². The summed E-state index contributed by atoms with van der Waals surface area (Å²) < 4.78 is 4.72. The molecular weight excluding hydrogens is 208 g/mol. The number of rotatable bonds is 1. The van der Waals surface area contributed by atoms with Crippen LogP contribution >= 0.6 is 23.1 Å². The van der Waals surface area contributed by atoms with E-state index >= 15 is 0 Å². The van der Waals surface area contributed by atoms with Gasteiger partial charge < -0.3 is 9.84 Å². The topological polar surface area (TPSA) is 46.5 Å². The predicted molar refractivity (Wildman–Crippen MR) is 51.6 cm³/mol. The number of hydrogen-bond acceptors (Lipinski definition) is 4. The lowest BCUT2D eigenvalue weighted by Gasteiger charge is -2.19. The summed E-state index contributed by atoms with van der Waals surface area (Å²) in [5.74, 6) is 0.732. The number of ether oxygens (including phenoxy) is 1. The first kappa shape index (κ1) is 8.90. The summed E-state index contributed by atoms with van der Waals surface area (Å²) in [5, 5.41) is 10.5. The van der Waals surface area contributed by atoms with Crippen molar-refractivity contribution in [3.8, 4) is 0 Å². The molecule has 5 heteroatoms. The first-order chi connectivity index (χ1) is 6.25. The highest BCUT2D eigenvalue weighted by Gasteiger charge is 2.22. The van der Waals surface area contributed by atoms with E-state index < -0.39 is 6.16 Å². The van der Waals surface area contributed by atoms with Gasteiger partial charge >= 0.3 is 6.16 Å². The monoisotopic (exact) mass is 216 g/mol. The third-order valence-electron chi connectivity index (χ3n) is 1.81. The minimum Gasteiger partial charge on any atom is -0.450 e. The Morgan fingerprint density at radius 2 is 2.54 bits per heavy atom. The second-order valence-electron chi connectivity index (χ2n) is 2.73. The van der Waals surface area contributed by atoms with Crippen LogP contribution in [0.4, 0.5) is 4.79 Å². The molecule has 0 fully saturated rings. The largest absolute Gasteiger partial charge is 0.506 e. The third-order valence-corrected chi connectivity index (χ3v) is 4.11. The molecule has 1 aliphatic rings. The van der Waals surface area contributed by atoms with E-state index in [0.717, 1.165) is 12.2 Å². The highest BCUT2D eigenvalue weighted by atomic mass is 32.2. The van der Waals surface area contributed by atoms with Crippen LogP contribution in [0.3, 0.4) is 0 Å². The van der Waals surface area contributed by atoms with Crippen LogP contribution in [0.15, 0.2) is 16.3 Å². The average Bonchev–Trinajstić information content (AvgIpc) is 2.49. The van der Waals surface area contributed by atoms with Gasteiger partial charge in [0.1, 0.15) is 6.10 Å². The Balaban J connectivity index is 2.04. The van der Waals surface area contributed by atoms with Crippen molar-refractivity contribution in [2.45, 2.75) is 17.4 Å². The zero-order valence-electron chi connectivity index (χ0n) is 6.73. The standard InChI is InChI=1S/C8H8O3S2/c9-8(10)11-5-3-7-6(13-4-5)1-2-12-7/h1-2,5H,3-4H2,(H,9,10). The van der Waals surface area contributed by atoms with E-state index in [1.165, 1.54) is 9.77 Å². The van der Waals surface area contributed by atoms with E-state index in [1.54, 1.807) is 23.1 Å². The van der Waals surface area contributed by atoms with E-state index in [2.05, 4.69) is 6.07 Å². The molecule has 2 rings (SSSR count). The number of carboxylic acid groups (broad SMARTS) is 1. The fourth-order valence-corrected chi connectivity index (χ4v) is 3.47. The van der Waals surface area contributed by atoms with Gasteiger partial charge in [-0.1, -0.05) is 0 Å². The van der Waals surface area contributed by atoms with Crippen LogP contribution < -0.4 is 0 Å². The average molecular weight is 216 g/mol. The Labute approximate surface area is 83.7 Å². The van der Waals surface area contributed by atoms with Gasteiger partial charge in [-0.25, -0.2) is 4.79 Å². The van der Waals surface area contributed by atoms with Crippen molar-refractivity contribution >= 4 is 29.3 Å². The van der Waals surface area contributed by atoms with Crippen molar-refractivity contribution in [1.82, 2.24) is 0 Å². The summed E-state index contributed by atoms with van der Waals surface area (Å²) in [6, 6.07) is 2.07. The van der Waals surface area contributed by atoms with Crippen molar-refractivity contribution in [1.29, 1.82) is 0 Å². The van der Waals surface area contributed by atoms with Gasteiger partial charge in [-0.15, -0.1) is 23.1 Å². The molecule has 2 heterocycles. The van der Waals surface area contributed by atoms with E-state index in [9.17, 15) is 4.79 Å². The Kier molecular flexibility index (Phi) is 2.46. The SMILES string of the molecule is O=C(O)OC1CSc2ccsc2C1. The van der Waals surface area contributed by atoms with Gasteiger partial charge in [-0.2, -0.15) is 0 Å². The summed E-state index contributed by atoms with van der Waals surface area (Å²) in [4.78, 5) is 12.8. The van der Waals surface area contributed by atoms with Crippen molar-refractivity contribution in [2.75, 3.05) is 5.75 Å². The first-order valence-electron chi connectivity index (χ1n) is 3.84. The summed E-state index contributed by atoms with van der Waals surface area (Å²) in [7, 11) is 0. The van der Waals surface area contributed by atoms with Crippen LogP contribution in [0, 0.1) is 0 Å². The second kappa shape index (κ2) is 3.59. The number of thioether (sulfide) groups is 1. The van der Waals surface area contributed by atoms with Gasteiger partial charge in [0.2, 0.25) is 0 Å². The van der Waals surface area contributed by atoms with E-state index in [1.807, 2.05) is 5.38 Å². The van der Waals surface area contributed by atoms with Crippen LogP contribution in [0.2, 0.25) is 0 Å². The zero-order valence-corrected chi connectivity index (χ0v) is 8.36. The number of thiophene rings is 1. The molecule has 0 aliphatic carbocycles. The third kappa shape index (κ3) is 1.97. The van der Waals surface area contributed by atoms with Gasteiger partial charge in [-0.3, -0.25) is 0 Å². The Hall–Kier alpha value is -0.680. The van der Waals surface area contributed by atoms with Crippen molar-refractivity contribution in [3.05, 3.63) is 16.3 Å². The molecule has 0 saturated heterocycles. The smallest absolute Gasteiger partial charge is 0.450 e. The van der Waals surface area contributed by atoms with Crippen LogP contribution in [-0.2, 0) is 11.2 Å². The minimum absolute atomic E-state index is 0.173. The maximum Gasteiger partial charge on any atom is 0.506 e. The lowest BCUT2D eigenvalue weighted by atomic mass is 10.2. The van der Waals surface area contributed by atoms with Gasteiger partial charge in [0.25, 0.3) is 0 Å². The van der Waals surface area contributed by atoms with Gasteiger partial charge in [0, 0.05) is 21.9 Å². The molecule has 0 amide bonds. The predicted octanol–water partition coefficient (Wildman–Crippen LogP) is 2.46. The summed E-state index contributed by atoms with van der Waals surface area (Å²) in [6.07, 6.45) is -0.619. The van der Waals surface area contributed by atoms with Crippen molar-refractivity contribution in [2.24, 2.45) is 0 Å². The molecule has 1 aliphatic heterocycles. The fourth-order valence-electron chi connectivity index (χ4n) is 1.27. The number of hydrogen-bond donors (Lipinski definition) is 1. The quantitative estimate of drug-likeness (QED) is 0.732. The van der Waals surface area contributed by atoms with Crippen molar-refractivity contribution in [3.63, 3.8) is 0 Å². The maximum atomic E-state index is 10.3. The normalized spacial score (nSPS) is 20.8. The second-order valence-corrected chi connectivity index (χ2v) is 4.79. The summed E-state index contributed by atoms with van der Waals surface area (Å²) in [5.41, 5.74) is 0. The van der Waals surface area contributed by atoms with Crippen molar-refractivity contribution < 1.29 is 14.6 Å². The molecular formula is C8H8O3S2. The van der Waals surface area contributed by atoms with E-state index in [-0.39, 0.29) is 6.10 Å². The number of fused-ring (bicyclic) bond motifs is 1. The Bertz CT molecular complexity index is 321. The molecule has 1 aromatic rings. The summed E-state index contributed by atoms with van der Waals surface area (Å²) in [6.45, 7) is 0. The lowest BCUT2D eigenvalue weighted by Crippen LogP contribution is -2.24. The maximum absolute atomic E-state index is 10.3. The lowest BCUT2D eigenvalue weighted by molar-refractivity contribution is 0.0605. The molecule has 13 heavy (non-hydrogen) atoms. The van der Waals surface area contributed by atoms with Crippen LogP contribution in [0.5, 0.6) is 0 Å². The minimum atomic E-state index is -1.18. The molecule has 1 atom stereocenters. The van der Waals surface area contributed by atoms with Crippen LogP contribution in [0.1, 0.15) is 4.88 Å². The molecule has 0 bridgehead atoms. The molecule has 1 N–H and O–H groups in total. The molecule has 0 radical (unpaired) electrons. The molecule has 1 aromatic heterocycles. The van der Waals surface area contributed by atoms with Crippen LogP contribution in [0.25, 0.3) is 0 Å². The Morgan fingerprint density at radius 3 is 3.31 bits per heavy atom. The fraction of sp³-hybridized carbons (Fsp3) is 0.375. The van der Waals surface area contributed by atoms with E-state index in [0.29, 0.717) is 0 Å².